The first kappa shape index (κ1) is 16.3. The van der Waals surface area contributed by atoms with Crippen molar-refractivity contribution in [3.63, 3.8) is 0 Å². The lowest BCUT2D eigenvalue weighted by molar-refractivity contribution is 0.388. The van der Waals surface area contributed by atoms with Crippen LogP contribution in [-0.4, -0.2) is 25.2 Å². The summed E-state index contributed by atoms with van der Waals surface area (Å²) in [4.78, 5) is 4.21. The van der Waals surface area contributed by atoms with Gasteiger partial charge in [0.15, 0.2) is 0 Å². The molecule has 2 rings (SSSR count). The Morgan fingerprint density at radius 3 is 2.55 bits per heavy atom. The van der Waals surface area contributed by atoms with Crippen LogP contribution in [0.15, 0.2) is 42.6 Å². The van der Waals surface area contributed by atoms with Crippen LogP contribution in [0.5, 0.6) is 11.6 Å². The van der Waals surface area contributed by atoms with E-state index in [4.69, 9.17) is 9.47 Å². The van der Waals surface area contributed by atoms with E-state index >= 15 is 0 Å². The van der Waals surface area contributed by atoms with Gasteiger partial charge in [0.2, 0.25) is 5.88 Å². The highest BCUT2D eigenvalue weighted by molar-refractivity contribution is 5.27. The summed E-state index contributed by atoms with van der Waals surface area (Å²) in [6.45, 7) is 2.97. The predicted octanol–water partition coefficient (Wildman–Crippen LogP) is 3.21. The highest BCUT2D eigenvalue weighted by Crippen LogP contribution is 2.15. The summed E-state index contributed by atoms with van der Waals surface area (Å²) in [5.74, 6) is 1.59. The average molecular weight is 300 g/mol. The molecule has 1 atom stereocenters. The first-order chi connectivity index (χ1) is 10.7. The third-order valence-corrected chi connectivity index (χ3v) is 3.71. The van der Waals surface area contributed by atoms with E-state index in [2.05, 4.69) is 29.4 Å². The molecule has 0 aliphatic carbocycles. The first-order valence-corrected chi connectivity index (χ1v) is 7.57. The summed E-state index contributed by atoms with van der Waals surface area (Å²) in [6, 6.07) is 12.6. The van der Waals surface area contributed by atoms with Crippen LogP contribution >= 0.6 is 0 Å². The molecule has 0 aliphatic rings. The number of rotatable bonds is 8. The van der Waals surface area contributed by atoms with E-state index in [1.807, 2.05) is 24.3 Å². The molecule has 0 aliphatic heterocycles. The Kier molecular flexibility index (Phi) is 6.22. The van der Waals surface area contributed by atoms with Crippen molar-refractivity contribution < 1.29 is 9.47 Å². The maximum absolute atomic E-state index is 5.27. The second kappa shape index (κ2) is 8.39. The van der Waals surface area contributed by atoms with Gasteiger partial charge in [-0.25, -0.2) is 4.98 Å². The lowest BCUT2D eigenvalue weighted by Gasteiger charge is -2.15. The van der Waals surface area contributed by atoms with E-state index < -0.39 is 0 Å². The largest absolute Gasteiger partial charge is 0.497 e. The van der Waals surface area contributed by atoms with Crippen molar-refractivity contribution in [2.75, 3.05) is 14.2 Å². The van der Waals surface area contributed by atoms with Crippen molar-refractivity contribution in [3.8, 4) is 11.6 Å². The van der Waals surface area contributed by atoms with Gasteiger partial charge in [-0.3, -0.25) is 0 Å². The number of hydrogen-bond donors (Lipinski definition) is 1. The highest BCUT2D eigenvalue weighted by atomic mass is 16.5. The van der Waals surface area contributed by atoms with Gasteiger partial charge in [0, 0.05) is 24.3 Å². The summed E-state index contributed by atoms with van der Waals surface area (Å²) < 4.78 is 10.4. The van der Waals surface area contributed by atoms with E-state index in [1.54, 1.807) is 20.4 Å². The molecule has 0 radical (unpaired) electrons. The first-order valence-electron chi connectivity index (χ1n) is 7.57. The van der Waals surface area contributed by atoms with Gasteiger partial charge in [-0.2, -0.15) is 0 Å². The van der Waals surface area contributed by atoms with E-state index in [0.717, 1.165) is 30.7 Å². The Bertz CT molecular complexity index is 570. The summed E-state index contributed by atoms with van der Waals surface area (Å²) in [7, 11) is 3.34. The maximum Gasteiger partial charge on any atom is 0.217 e. The Balaban J connectivity index is 1.78. The average Bonchev–Trinajstić information content (AvgIpc) is 2.58. The van der Waals surface area contributed by atoms with E-state index in [1.165, 1.54) is 5.56 Å². The lowest BCUT2D eigenvalue weighted by atomic mass is 10.1. The molecule has 0 amide bonds. The van der Waals surface area contributed by atoms with Crippen molar-refractivity contribution in [1.29, 1.82) is 0 Å². The number of nitrogens with zero attached hydrogens (tertiary/aromatic N) is 1. The maximum atomic E-state index is 5.27. The van der Waals surface area contributed by atoms with Gasteiger partial charge in [0.05, 0.1) is 14.2 Å². The van der Waals surface area contributed by atoms with Crippen LogP contribution in [0.25, 0.3) is 0 Å². The summed E-state index contributed by atoms with van der Waals surface area (Å²) in [5, 5.41) is 3.52. The second-order valence-corrected chi connectivity index (χ2v) is 5.34. The van der Waals surface area contributed by atoms with Crippen molar-refractivity contribution in [2.24, 2.45) is 0 Å². The quantitative estimate of drug-likeness (QED) is 0.813. The van der Waals surface area contributed by atoms with Crippen LogP contribution in [-0.2, 0) is 13.0 Å². The van der Waals surface area contributed by atoms with Crippen LogP contribution in [0.3, 0.4) is 0 Å². The van der Waals surface area contributed by atoms with E-state index in [9.17, 15) is 0 Å². The molecular weight excluding hydrogens is 276 g/mol. The van der Waals surface area contributed by atoms with Crippen LogP contribution in [0.1, 0.15) is 24.5 Å². The zero-order valence-corrected chi connectivity index (χ0v) is 13.5. The molecule has 118 valence electrons. The monoisotopic (exact) mass is 300 g/mol. The van der Waals surface area contributed by atoms with Crippen LogP contribution in [0.2, 0.25) is 0 Å². The molecule has 0 bridgehead atoms. The molecule has 1 unspecified atom stereocenters. The van der Waals surface area contributed by atoms with Gasteiger partial charge < -0.3 is 14.8 Å². The number of benzene rings is 1. The molecule has 2 aromatic rings. The van der Waals surface area contributed by atoms with Gasteiger partial charge in [0.25, 0.3) is 0 Å². The molecule has 1 N–H and O–H groups in total. The molecule has 0 fully saturated rings. The molecule has 1 heterocycles. The number of aryl methyl sites for hydroxylation is 1. The van der Waals surface area contributed by atoms with E-state index in [0.29, 0.717) is 11.9 Å². The number of nitrogens with one attached hydrogen (secondary N) is 1. The predicted molar refractivity (Wildman–Crippen MR) is 88.4 cm³/mol. The number of methoxy groups -OCH3 is 2. The lowest BCUT2D eigenvalue weighted by Crippen LogP contribution is -2.26. The molecule has 4 heteroatoms. The fraction of sp³-hybridized carbons (Fsp3) is 0.389. The molecule has 22 heavy (non-hydrogen) atoms. The van der Waals surface area contributed by atoms with Gasteiger partial charge in [-0.15, -0.1) is 0 Å². The summed E-state index contributed by atoms with van der Waals surface area (Å²) in [5.41, 5.74) is 2.41. The smallest absolute Gasteiger partial charge is 0.217 e. The SMILES string of the molecule is COc1ccc(CCC(C)NCc2cccnc2OC)cc1. The minimum atomic E-state index is 0.423. The molecule has 0 saturated heterocycles. The van der Waals surface area contributed by atoms with E-state index in [-0.39, 0.29) is 0 Å². The topological polar surface area (TPSA) is 43.4 Å². The molecular formula is C18H24N2O2. The van der Waals surface area contributed by atoms with Crippen molar-refractivity contribution in [2.45, 2.75) is 32.4 Å². The minimum absolute atomic E-state index is 0.423. The number of hydrogen-bond acceptors (Lipinski definition) is 4. The number of ether oxygens (including phenoxy) is 2. The second-order valence-electron chi connectivity index (χ2n) is 5.34. The van der Waals surface area contributed by atoms with Crippen LogP contribution in [0.4, 0.5) is 0 Å². The Labute approximate surface area is 132 Å². The number of pyridine rings is 1. The fourth-order valence-corrected chi connectivity index (χ4v) is 2.30. The van der Waals surface area contributed by atoms with Crippen molar-refractivity contribution in [3.05, 3.63) is 53.7 Å². The zero-order valence-electron chi connectivity index (χ0n) is 13.5. The molecule has 0 spiro atoms. The van der Waals surface area contributed by atoms with Gasteiger partial charge in [0.1, 0.15) is 5.75 Å². The Morgan fingerprint density at radius 1 is 1.09 bits per heavy atom. The minimum Gasteiger partial charge on any atom is -0.497 e. The number of aromatic nitrogens is 1. The molecule has 1 aromatic carbocycles. The van der Waals surface area contributed by atoms with Gasteiger partial charge in [-0.1, -0.05) is 18.2 Å². The van der Waals surface area contributed by atoms with Crippen LogP contribution < -0.4 is 14.8 Å². The standard InChI is InChI=1S/C18H24N2O2/c1-14(6-7-15-8-10-17(21-2)11-9-15)20-13-16-5-4-12-19-18(16)22-3/h4-5,8-12,14,20H,6-7,13H2,1-3H3. The normalized spacial score (nSPS) is 12.0. The highest BCUT2D eigenvalue weighted by Gasteiger charge is 2.06. The summed E-state index contributed by atoms with van der Waals surface area (Å²) >= 11 is 0. The zero-order chi connectivity index (χ0) is 15.8. The van der Waals surface area contributed by atoms with Gasteiger partial charge >= 0.3 is 0 Å². The van der Waals surface area contributed by atoms with Crippen LogP contribution in [0, 0.1) is 0 Å². The third-order valence-electron chi connectivity index (χ3n) is 3.71. The Hall–Kier alpha value is -2.07. The van der Waals surface area contributed by atoms with Gasteiger partial charge in [-0.05, 0) is 43.5 Å². The Morgan fingerprint density at radius 2 is 1.86 bits per heavy atom. The van der Waals surface area contributed by atoms with Crippen molar-refractivity contribution >= 4 is 0 Å². The summed E-state index contributed by atoms with van der Waals surface area (Å²) in [6.07, 6.45) is 3.87. The molecule has 4 nitrogen and oxygen atoms in total. The molecule has 1 aromatic heterocycles. The fourth-order valence-electron chi connectivity index (χ4n) is 2.30. The third kappa shape index (κ3) is 4.74. The van der Waals surface area contributed by atoms with Crippen molar-refractivity contribution in [1.82, 2.24) is 10.3 Å². The molecule has 0 saturated carbocycles.